The van der Waals surface area contributed by atoms with Crippen molar-refractivity contribution < 1.29 is 13.9 Å². The van der Waals surface area contributed by atoms with Crippen molar-refractivity contribution in [1.82, 2.24) is 0 Å². The summed E-state index contributed by atoms with van der Waals surface area (Å²) in [6.45, 7) is 3.42. The summed E-state index contributed by atoms with van der Waals surface area (Å²) >= 11 is 0. The molecule has 90 valence electrons. The molecule has 1 aromatic rings. The van der Waals surface area contributed by atoms with Crippen LogP contribution in [0.15, 0.2) is 18.2 Å². The summed E-state index contributed by atoms with van der Waals surface area (Å²) in [5.41, 5.74) is 5.79. The minimum absolute atomic E-state index is 0.267. The van der Waals surface area contributed by atoms with Crippen molar-refractivity contribution in [3.63, 3.8) is 0 Å². The lowest BCUT2D eigenvalue weighted by Gasteiger charge is -2.19. The van der Waals surface area contributed by atoms with Gasteiger partial charge in [0, 0.05) is 6.04 Å². The van der Waals surface area contributed by atoms with E-state index in [-0.39, 0.29) is 17.5 Å². The van der Waals surface area contributed by atoms with E-state index in [1.54, 1.807) is 13.8 Å². The average Bonchev–Trinajstić information content (AvgIpc) is 2.21. The molecule has 0 aliphatic rings. The van der Waals surface area contributed by atoms with E-state index >= 15 is 0 Å². The van der Waals surface area contributed by atoms with Crippen LogP contribution in [-0.4, -0.2) is 17.3 Å². The molecule has 3 atom stereocenters. The van der Waals surface area contributed by atoms with Crippen molar-refractivity contribution in [2.24, 2.45) is 5.73 Å². The number of aliphatic hydroxyl groups is 1. The molecule has 0 spiro atoms. The van der Waals surface area contributed by atoms with E-state index in [1.165, 1.54) is 12.1 Å². The van der Waals surface area contributed by atoms with Crippen molar-refractivity contribution in [1.29, 1.82) is 0 Å². The maximum atomic E-state index is 13.4. The smallest absolute Gasteiger partial charge is 0.162 e. The fraction of sp³-hybridized carbons (Fsp3) is 0.500. The molecular formula is C12H17F2NO. The minimum atomic E-state index is -0.861. The fourth-order valence-electron chi connectivity index (χ4n) is 1.60. The first-order valence-corrected chi connectivity index (χ1v) is 5.31. The molecular weight excluding hydrogens is 212 g/mol. The van der Waals surface area contributed by atoms with Gasteiger partial charge in [0.2, 0.25) is 0 Å². The zero-order chi connectivity index (χ0) is 12.3. The third kappa shape index (κ3) is 3.00. The lowest BCUT2D eigenvalue weighted by Crippen LogP contribution is -2.32. The maximum Gasteiger partial charge on any atom is 0.162 e. The molecule has 0 aliphatic carbocycles. The van der Waals surface area contributed by atoms with Crippen molar-refractivity contribution in [3.05, 3.63) is 35.4 Å². The van der Waals surface area contributed by atoms with Gasteiger partial charge in [-0.05, 0) is 30.9 Å². The van der Waals surface area contributed by atoms with Gasteiger partial charge in [0.05, 0.1) is 6.10 Å². The Kier molecular flexibility index (Phi) is 4.38. The first-order valence-electron chi connectivity index (χ1n) is 5.31. The number of halogens is 2. The largest absolute Gasteiger partial charge is 0.392 e. The van der Waals surface area contributed by atoms with Gasteiger partial charge < -0.3 is 10.8 Å². The van der Waals surface area contributed by atoms with E-state index in [4.69, 9.17) is 5.73 Å². The van der Waals surface area contributed by atoms with E-state index < -0.39 is 17.7 Å². The second-order valence-corrected chi connectivity index (χ2v) is 4.21. The van der Waals surface area contributed by atoms with Crippen LogP contribution in [0.1, 0.15) is 31.7 Å². The molecule has 16 heavy (non-hydrogen) atoms. The Bertz CT molecular complexity index is 355. The van der Waals surface area contributed by atoms with Crippen LogP contribution in [0.2, 0.25) is 0 Å². The van der Waals surface area contributed by atoms with Crippen LogP contribution >= 0.6 is 0 Å². The van der Waals surface area contributed by atoms with Crippen molar-refractivity contribution in [2.75, 3.05) is 0 Å². The molecule has 0 fully saturated rings. The van der Waals surface area contributed by atoms with Crippen LogP contribution in [-0.2, 0) is 0 Å². The van der Waals surface area contributed by atoms with Gasteiger partial charge in [-0.15, -0.1) is 0 Å². The quantitative estimate of drug-likeness (QED) is 0.831. The highest BCUT2D eigenvalue weighted by Gasteiger charge is 2.19. The van der Waals surface area contributed by atoms with Crippen LogP contribution in [0.3, 0.4) is 0 Å². The van der Waals surface area contributed by atoms with Gasteiger partial charge in [-0.2, -0.15) is 0 Å². The third-order valence-corrected chi connectivity index (χ3v) is 2.71. The topological polar surface area (TPSA) is 46.2 Å². The molecule has 0 saturated carbocycles. The Morgan fingerprint density at radius 2 is 1.94 bits per heavy atom. The van der Waals surface area contributed by atoms with Crippen molar-refractivity contribution in [2.45, 2.75) is 38.3 Å². The Balaban J connectivity index is 2.80. The van der Waals surface area contributed by atoms with E-state index in [2.05, 4.69) is 0 Å². The number of rotatable bonds is 4. The van der Waals surface area contributed by atoms with Crippen LogP contribution in [0, 0.1) is 11.6 Å². The van der Waals surface area contributed by atoms with Gasteiger partial charge in [0.1, 0.15) is 0 Å². The predicted molar refractivity (Wildman–Crippen MR) is 59.0 cm³/mol. The highest BCUT2D eigenvalue weighted by atomic mass is 19.2. The van der Waals surface area contributed by atoms with Crippen molar-refractivity contribution >= 4 is 0 Å². The Hall–Kier alpha value is -1.00. The van der Waals surface area contributed by atoms with Gasteiger partial charge in [0.25, 0.3) is 0 Å². The summed E-state index contributed by atoms with van der Waals surface area (Å²) in [7, 11) is 0. The summed E-state index contributed by atoms with van der Waals surface area (Å²) in [6.07, 6.45) is -0.393. The molecule has 3 N–H and O–H groups in total. The van der Waals surface area contributed by atoms with Gasteiger partial charge in [-0.25, -0.2) is 8.78 Å². The second kappa shape index (κ2) is 5.37. The summed E-state index contributed by atoms with van der Waals surface area (Å²) < 4.78 is 26.4. The van der Waals surface area contributed by atoms with E-state index in [0.29, 0.717) is 6.42 Å². The molecule has 0 heterocycles. The van der Waals surface area contributed by atoms with Crippen LogP contribution < -0.4 is 5.73 Å². The van der Waals surface area contributed by atoms with Crippen molar-refractivity contribution in [3.8, 4) is 0 Å². The molecule has 0 radical (unpaired) electrons. The molecule has 0 amide bonds. The molecule has 2 nitrogen and oxygen atoms in total. The predicted octanol–water partition coefficient (Wildman–Crippen LogP) is 2.17. The molecule has 0 aliphatic heterocycles. The van der Waals surface area contributed by atoms with Gasteiger partial charge in [0.15, 0.2) is 11.6 Å². The van der Waals surface area contributed by atoms with Crippen LogP contribution in [0.25, 0.3) is 0 Å². The summed E-state index contributed by atoms with van der Waals surface area (Å²) in [4.78, 5) is 0. The zero-order valence-electron chi connectivity index (χ0n) is 9.45. The minimum Gasteiger partial charge on any atom is -0.392 e. The normalized spacial score (nSPS) is 16.9. The van der Waals surface area contributed by atoms with Gasteiger partial charge in [-0.1, -0.05) is 19.1 Å². The number of hydrogen-bond donors (Lipinski definition) is 2. The molecule has 0 saturated heterocycles. The molecule has 4 heteroatoms. The number of benzene rings is 1. The SMILES string of the molecule is CC(CC(O)C(C)N)c1cccc(F)c1F. The number of hydrogen-bond acceptors (Lipinski definition) is 2. The molecule has 3 unspecified atom stereocenters. The first kappa shape index (κ1) is 13.1. The fourth-order valence-corrected chi connectivity index (χ4v) is 1.60. The molecule has 0 aromatic heterocycles. The van der Waals surface area contributed by atoms with E-state index in [0.717, 1.165) is 6.07 Å². The summed E-state index contributed by atoms with van der Waals surface area (Å²) in [5, 5.41) is 9.58. The summed E-state index contributed by atoms with van der Waals surface area (Å²) in [6, 6.07) is 3.69. The first-order chi connectivity index (χ1) is 7.43. The summed E-state index contributed by atoms with van der Waals surface area (Å²) in [5.74, 6) is -1.97. The maximum absolute atomic E-state index is 13.4. The Morgan fingerprint density at radius 3 is 2.50 bits per heavy atom. The van der Waals surface area contributed by atoms with Crippen LogP contribution in [0.5, 0.6) is 0 Å². The number of nitrogens with two attached hydrogens (primary N) is 1. The average molecular weight is 229 g/mol. The molecule has 1 aromatic carbocycles. The van der Waals surface area contributed by atoms with Gasteiger partial charge >= 0.3 is 0 Å². The standard InChI is InChI=1S/C12H17F2NO/c1-7(6-11(16)8(2)15)9-4-3-5-10(13)12(9)14/h3-5,7-8,11,16H,6,15H2,1-2H3. The zero-order valence-corrected chi connectivity index (χ0v) is 9.45. The van der Waals surface area contributed by atoms with E-state index in [9.17, 15) is 13.9 Å². The monoisotopic (exact) mass is 229 g/mol. The number of aliphatic hydroxyl groups excluding tert-OH is 1. The molecule has 0 bridgehead atoms. The highest BCUT2D eigenvalue weighted by molar-refractivity contribution is 5.22. The lowest BCUT2D eigenvalue weighted by atomic mass is 9.92. The Morgan fingerprint density at radius 1 is 1.31 bits per heavy atom. The molecule has 1 rings (SSSR count). The van der Waals surface area contributed by atoms with Gasteiger partial charge in [-0.3, -0.25) is 0 Å². The third-order valence-electron chi connectivity index (χ3n) is 2.71. The highest BCUT2D eigenvalue weighted by Crippen LogP contribution is 2.25. The van der Waals surface area contributed by atoms with Crippen LogP contribution in [0.4, 0.5) is 8.78 Å². The second-order valence-electron chi connectivity index (χ2n) is 4.21. The van der Waals surface area contributed by atoms with E-state index in [1.807, 2.05) is 0 Å². The lowest BCUT2D eigenvalue weighted by molar-refractivity contribution is 0.134. The Labute approximate surface area is 94.1 Å².